The van der Waals surface area contributed by atoms with Gasteiger partial charge in [0, 0.05) is 61.7 Å². The predicted octanol–water partition coefficient (Wildman–Crippen LogP) is 4.86. The lowest BCUT2D eigenvalue weighted by atomic mass is 9.89. The van der Waals surface area contributed by atoms with Crippen molar-refractivity contribution in [1.29, 1.82) is 0 Å². The minimum Gasteiger partial charge on any atom is -0.339 e. The summed E-state index contributed by atoms with van der Waals surface area (Å²) in [6.45, 7) is 7.96. The van der Waals surface area contributed by atoms with Crippen molar-refractivity contribution in [2.24, 2.45) is 5.92 Å². The molecule has 166 valence electrons. The molecule has 0 spiro atoms. The molecule has 2 aromatic rings. The maximum atomic E-state index is 13.2. The van der Waals surface area contributed by atoms with Crippen molar-refractivity contribution in [1.82, 2.24) is 14.4 Å². The summed E-state index contributed by atoms with van der Waals surface area (Å²) < 4.78 is 1.98. The monoisotopic (exact) mass is 421 g/mol. The van der Waals surface area contributed by atoms with Gasteiger partial charge < -0.3 is 4.90 Å². The van der Waals surface area contributed by atoms with Crippen LogP contribution in [-0.4, -0.2) is 51.9 Å². The molecule has 2 fully saturated rings. The molecule has 5 rings (SSSR count). The lowest BCUT2D eigenvalue weighted by molar-refractivity contribution is 0.0697. The van der Waals surface area contributed by atoms with Gasteiger partial charge in [-0.1, -0.05) is 20.3 Å². The maximum absolute atomic E-state index is 13.2. The molecule has 1 aromatic heterocycles. The van der Waals surface area contributed by atoms with Crippen molar-refractivity contribution >= 4 is 22.7 Å². The Hall–Kier alpha value is -2.14. The van der Waals surface area contributed by atoms with Crippen LogP contribution in [0.4, 0.5) is 0 Å². The summed E-state index contributed by atoms with van der Waals surface area (Å²) in [6, 6.07) is 6.73. The highest BCUT2D eigenvalue weighted by Crippen LogP contribution is 2.36. The quantitative estimate of drug-likeness (QED) is 0.708. The van der Waals surface area contributed by atoms with Crippen LogP contribution in [-0.2, 0) is 13.0 Å². The average molecular weight is 422 g/mol. The summed E-state index contributed by atoms with van der Waals surface area (Å²) in [5.41, 5.74) is 4.22. The molecule has 0 unspecified atom stereocenters. The van der Waals surface area contributed by atoms with Crippen LogP contribution in [0.3, 0.4) is 0 Å². The zero-order valence-corrected chi connectivity index (χ0v) is 19.0. The van der Waals surface area contributed by atoms with E-state index in [1.54, 1.807) is 0 Å². The molecule has 1 saturated heterocycles. The van der Waals surface area contributed by atoms with Gasteiger partial charge in [-0.3, -0.25) is 19.1 Å². The van der Waals surface area contributed by atoms with Crippen molar-refractivity contribution in [3.05, 3.63) is 35.0 Å². The first-order chi connectivity index (χ1) is 15.1. The molecule has 2 aliphatic heterocycles. The Labute approximate surface area is 185 Å². The number of likely N-dealkylation sites (tertiary alicyclic amines) is 1. The third-order valence-corrected chi connectivity index (χ3v) is 7.80. The van der Waals surface area contributed by atoms with E-state index < -0.39 is 0 Å². The molecule has 3 heterocycles. The van der Waals surface area contributed by atoms with Crippen LogP contribution in [0.5, 0.6) is 0 Å². The highest BCUT2D eigenvalue weighted by molar-refractivity contribution is 6.02. The number of aromatic nitrogens is 1. The normalized spacial score (nSPS) is 20.6. The first-order valence-electron chi connectivity index (χ1n) is 12.3. The first-order valence-corrected chi connectivity index (χ1v) is 12.3. The number of piperidine rings is 1. The van der Waals surface area contributed by atoms with Crippen molar-refractivity contribution < 1.29 is 9.59 Å². The number of hydrogen-bond donors (Lipinski definition) is 0. The van der Waals surface area contributed by atoms with Gasteiger partial charge in [0.15, 0.2) is 0 Å². The molecular formula is C26H35N3O2. The molecule has 0 bridgehead atoms. The van der Waals surface area contributed by atoms with E-state index >= 15 is 0 Å². The number of benzene rings is 1. The minimum absolute atomic E-state index is 0.141. The van der Waals surface area contributed by atoms with Crippen LogP contribution in [0, 0.1) is 5.92 Å². The van der Waals surface area contributed by atoms with E-state index in [-0.39, 0.29) is 11.8 Å². The molecule has 0 N–H and O–H groups in total. The standard InChI is InChI=1S/C26H35N3O2/c1-3-5-25(30)29-23-9-8-19(26(31)27-13-10-18(2)11-14-27)16-21(23)22-17-28(15-12-24(22)29)20-6-4-7-20/h8-9,16,18,20H,3-7,10-15,17H2,1-2H3. The number of hydrogen-bond acceptors (Lipinski definition) is 3. The lowest BCUT2D eigenvalue weighted by Gasteiger charge is -2.40. The number of carbonyl (C=O) groups is 2. The second kappa shape index (κ2) is 8.42. The van der Waals surface area contributed by atoms with E-state index in [0.29, 0.717) is 18.4 Å². The van der Waals surface area contributed by atoms with Gasteiger partial charge in [-0.05, 0) is 61.8 Å². The van der Waals surface area contributed by atoms with Crippen LogP contribution >= 0.6 is 0 Å². The summed E-state index contributed by atoms with van der Waals surface area (Å²) in [6.07, 6.45) is 8.42. The summed E-state index contributed by atoms with van der Waals surface area (Å²) in [5, 5.41) is 1.11. The molecule has 5 nitrogen and oxygen atoms in total. The molecule has 1 amide bonds. The van der Waals surface area contributed by atoms with Crippen molar-refractivity contribution in [3.63, 3.8) is 0 Å². The number of amides is 1. The fraction of sp³-hybridized carbons (Fsp3) is 0.615. The Bertz CT molecular complexity index is 996. The van der Waals surface area contributed by atoms with Crippen molar-refractivity contribution in [2.75, 3.05) is 19.6 Å². The van der Waals surface area contributed by atoms with Gasteiger partial charge in [0.05, 0.1) is 5.52 Å². The smallest absolute Gasteiger partial charge is 0.253 e. The largest absolute Gasteiger partial charge is 0.339 e. The highest BCUT2D eigenvalue weighted by atomic mass is 16.2. The van der Waals surface area contributed by atoms with E-state index in [1.165, 1.54) is 30.5 Å². The molecule has 1 aliphatic carbocycles. The van der Waals surface area contributed by atoms with E-state index in [0.717, 1.165) is 68.3 Å². The van der Waals surface area contributed by atoms with Crippen molar-refractivity contribution in [3.8, 4) is 0 Å². The topological polar surface area (TPSA) is 45.6 Å². The van der Waals surface area contributed by atoms with E-state index in [2.05, 4.69) is 24.8 Å². The summed E-state index contributed by atoms with van der Waals surface area (Å²) >= 11 is 0. The van der Waals surface area contributed by atoms with Crippen molar-refractivity contribution in [2.45, 2.75) is 77.8 Å². The zero-order valence-electron chi connectivity index (χ0n) is 19.0. The molecular weight excluding hydrogens is 386 g/mol. The zero-order chi connectivity index (χ0) is 21.5. The fourth-order valence-corrected chi connectivity index (χ4v) is 5.58. The SMILES string of the molecule is CCCC(=O)n1c2c(c3cc(C(=O)N4CCC(C)CC4)ccc31)CN(C1CCC1)CC2. The Morgan fingerprint density at radius 3 is 2.52 bits per heavy atom. The molecule has 31 heavy (non-hydrogen) atoms. The Morgan fingerprint density at radius 2 is 1.84 bits per heavy atom. The van der Waals surface area contributed by atoms with Gasteiger partial charge in [-0.15, -0.1) is 0 Å². The Kier molecular flexibility index (Phi) is 5.63. The molecule has 1 aromatic carbocycles. The number of rotatable bonds is 4. The first kappa shape index (κ1) is 20.7. The average Bonchev–Trinajstić information content (AvgIpc) is 3.06. The predicted molar refractivity (Wildman–Crippen MR) is 124 cm³/mol. The van der Waals surface area contributed by atoms with E-state index in [4.69, 9.17) is 0 Å². The van der Waals surface area contributed by atoms with Gasteiger partial charge in [0.2, 0.25) is 5.91 Å². The second-order valence-electron chi connectivity index (χ2n) is 9.92. The Morgan fingerprint density at radius 1 is 1.06 bits per heavy atom. The minimum atomic E-state index is 0.141. The molecule has 1 saturated carbocycles. The number of carbonyl (C=O) groups excluding carboxylic acids is 2. The van der Waals surface area contributed by atoms with Gasteiger partial charge in [0.1, 0.15) is 0 Å². The maximum Gasteiger partial charge on any atom is 0.253 e. The molecule has 0 radical (unpaired) electrons. The number of nitrogens with zero attached hydrogens (tertiary/aromatic N) is 3. The van der Waals surface area contributed by atoms with Crippen LogP contribution < -0.4 is 0 Å². The van der Waals surface area contributed by atoms with E-state index in [1.807, 2.05) is 21.6 Å². The highest BCUT2D eigenvalue weighted by Gasteiger charge is 2.32. The van der Waals surface area contributed by atoms with Crippen LogP contribution in [0.1, 0.15) is 85.2 Å². The van der Waals surface area contributed by atoms with Gasteiger partial charge in [-0.2, -0.15) is 0 Å². The molecule has 3 aliphatic rings. The molecule has 0 atom stereocenters. The summed E-state index contributed by atoms with van der Waals surface area (Å²) in [4.78, 5) is 30.9. The van der Waals surface area contributed by atoms with E-state index in [9.17, 15) is 9.59 Å². The number of fused-ring (bicyclic) bond motifs is 3. The summed E-state index contributed by atoms with van der Waals surface area (Å²) in [7, 11) is 0. The summed E-state index contributed by atoms with van der Waals surface area (Å²) in [5.74, 6) is 1.03. The second-order valence-corrected chi connectivity index (χ2v) is 9.92. The fourth-order valence-electron chi connectivity index (χ4n) is 5.58. The third kappa shape index (κ3) is 3.71. The third-order valence-electron chi connectivity index (χ3n) is 7.80. The van der Waals surface area contributed by atoms with Crippen LogP contribution in [0.15, 0.2) is 18.2 Å². The van der Waals surface area contributed by atoms with Crippen LogP contribution in [0.2, 0.25) is 0 Å². The van der Waals surface area contributed by atoms with Gasteiger partial charge >= 0.3 is 0 Å². The van der Waals surface area contributed by atoms with Gasteiger partial charge in [0.25, 0.3) is 5.91 Å². The lowest BCUT2D eigenvalue weighted by Crippen LogP contribution is -2.43. The Balaban J connectivity index is 1.53. The molecule has 5 heteroatoms. The van der Waals surface area contributed by atoms with Gasteiger partial charge in [-0.25, -0.2) is 0 Å². The van der Waals surface area contributed by atoms with Crippen LogP contribution in [0.25, 0.3) is 10.9 Å².